The highest BCUT2D eigenvalue weighted by molar-refractivity contribution is 6.01. The van der Waals surface area contributed by atoms with Crippen molar-refractivity contribution in [2.75, 3.05) is 22.1 Å². The molecule has 5 nitrogen and oxygen atoms in total. The Morgan fingerprint density at radius 1 is 1.04 bits per heavy atom. The number of nitrogens with zero attached hydrogens (tertiary/aromatic N) is 1. The van der Waals surface area contributed by atoms with Crippen LogP contribution in [0, 0.1) is 6.92 Å². The minimum absolute atomic E-state index is 0.0186. The Hall–Kier alpha value is -2.82. The van der Waals surface area contributed by atoms with Crippen LogP contribution in [0.25, 0.3) is 0 Å². The SMILES string of the molecule is CC(=O)N1CCc2ccc(NC(=O)Nc3cccc(C)c3)cc21. The van der Waals surface area contributed by atoms with Gasteiger partial charge < -0.3 is 15.5 Å². The first-order chi connectivity index (χ1) is 11.0. The molecule has 0 radical (unpaired) electrons. The largest absolute Gasteiger partial charge is 0.323 e. The van der Waals surface area contributed by atoms with Gasteiger partial charge in [-0.05, 0) is 48.7 Å². The van der Waals surface area contributed by atoms with E-state index in [0.29, 0.717) is 12.2 Å². The van der Waals surface area contributed by atoms with E-state index in [0.717, 1.165) is 28.9 Å². The van der Waals surface area contributed by atoms with E-state index in [4.69, 9.17) is 0 Å². The molecule has 0 atom stereocenters. The van der Waals surface area contributed by atoms with E-state index in [2.05, 4.69) is 10.6 Å². The Morgan fingerprint density at radius 3 is 2.48 bits per heavy atom. The van der Waals surface area contributed by atoms with Crippen LogP contribution in [0.1, 0.15) is 18.1 Å². The van der Waals surface area contributed by atoms with Crippen LogP contribution < -0.4 is 15.5 Å². The van der Waals surface area contributed by atoms with Crippen LogP contribution in [0.2, 0.25) is 0 Å². The molecule has 0 fully saturated rings. The second kappa shape index (κ2) is 6.12. The monoisotopic (exact) mass is 309 g/mol. The molecule has 3 amide bonds. The molecular formula is C18H19N3O2. The van der Waals surface area contributed by atoms with E-state index < -0.39 is 0 Å². The number of hydrogen-bond donors (Lipinski definition) is 2. The number of carbonyl (C=O) groups is 2. The molecule has 1 heterocycles. The van der Waals surface area contributed by atoms with Crippen molar-refractivity contribution in [3.05, 3.63) is 53.6 Å². The summed E-state index contributed by atoms with van der Waals surface area (Å²) in [6.07, 6.45) is 0.852. The molecule has 0 saturated carbocycles. The molecule has 2 N–H and O–H groups in total. The van der Waals surface area contributed by atoms with Crippen LogP contribution in [0.4, 0.5) is 21.9 Å². The summed E-state index contributed by atoms with van der Waals surface area (Å²) >= 11 is 0. The number of aryl methyl sites for hydroxylation is 1. The molecule has 0 aliphatic carbocycles. The maximum absolute atomic E-state index is 12.1. The summed E-state index contributed by atoms with van der Waals surface area (Å²) < 4.78 is 0. The maximum atomic E-state index is 12.1. The average Bonchev–Trinajstić information content (AvgIpc) is 2.90. The van der Waals surface area contributed by atoms with Crippen molar-refractivity contribution in [1.82, 2.24) is 0 Å². The number of rotatable bonds is 2. The summed E-state index contributed by atoms with van der Waals surface area (Å²) in [6, 6.07) is 13.0. The lowest BCUT2D eigenvalue weighted by molar-refractivity contribution is -0.116. The number of hydrogen-bond acceptors (Lipinski definition) is 2. The molecule has 118 valence electrons. The molecule has 0 saturated heterocycles. The van der Waals surface area contributed by atoms with Crippen LogP contribution in [-0.4, -0.2) is 18.5 Å². The number of urea groups is 1. The minimum atomic E-state index is -0.303. The Bertz CT molecular complexity index is 771. The molecule has 1 aliphatic rings. The second-order valence-corrected chi connectivity index (χ2v) is 5.71. The topological polar surface area (TPSA) is 61.4 Å². The predicted octanol–water partition coefficient (Wildman–Crippen LogP) is 3.55. The third kappa shape index (κ3) is 3.34. The third-order valence-corrected chi connectivity index (χ3v) is 3.89. The van der Waals surface area contributed by atoms with Gasteiger partial charge in [-0.3, -0.25) is 4.79 Å². The van der Waals surface area contributed by atoms with Gasteiger partial charge in [0.05, 0.1) is 0 Å². The van der Waals surface area contributed by atoms with E-state index >= 15 is 0 Å². The van der Waals surface area contributed by atoms with Gasteiger partial charge in [-0.1, -0.05) is 18.2 Å². The van der Waals surface area contributed by atoms with Gasteiger partial charge in [-0.15, -0.1) is 0 Å². The molecular weight excluding hydrogens is 290 g/mol. The number of fused-ring (bicyclic) bond motifs is 1. The van der Waals surface area contributed by atoms with Gasteiger partial charge in [0.1, 0.15) is 0 Å². The van der Waals surface area contributed by atoms with E-state index in [-0.39, 0.29) is 11.9 Å². The zero-order valence-electron chi connectivity index (χ0n) is 13.2. The first-order valence-corrected chi connectivity index (χ1v) is 7.58. The zero-order valence-corrected chi connectivity index (χ0v) is 13.2. The summed E-state index contributed by atoms with van der Waals surface area (Å²) in [5.74, 6) is 0.0186. The summed E-state index contributed by atoms with van der Waals surface area (Å²) in [5, 5.41) is 5.61. The molecule has 23 heavy (non-hydrogen) atoms. The molecule has 1 aliphatic heterocycles. The van der Waals surface area contributed by atoms with Crippen molar-refractivity contribution in [3.63, 3.8) is 0 Å². The van der Waals surface area contributed by atoms with Crippen LogP contribution >= 0.6 is 0 Å². The van der Waals surface area contributed by atoms with Crippen molar-refractivity contribution in [2.45, 2.75) is 20.3 Å². The van der Waals surface area contributed by atoms with E-state index in [1.165, 1.54) is 0 Å². The van der Waals surface area contributed by atoms with Crippen LogP contribution in [0.15, 0.2) is 42.5 Å². The van der Waals surface area contributed by atoms with Crippen LogP contribution in [-0.2, 0) is 11.2 Å². The fourth-order valence-corrected chi connectivity index (χ4v) is 2.80. The van der Waals surface area contributed by atoms with E-state index in [1.54, 1.807) is 11.8 Å². The second-order valence-electron chi connectivity index (χ2n) is 5.71. The quantitative estimate of drug-likeness (QED) is 0.891. The average molecular weight is 309 g/mol. The summed E-state index contributed by atoms with van der Waals surface area (Å²) in [5.41, 5.74) is 4.50. The van der Waals surface area contributed by atoms with E-state index in [1.807, 2.05) is 49.4 Å². The zero-order chi connectivity index (χ0) is 16.4. The fraction of sp³-hybridized carbons (Fsp3) is 0.222. The maximum Gasteiger partial charge on any atom is 0.323 e. The highest BCUT2D eigenvalue weighted by Crippen LogP contribution is 2.30. The summed E-state index contributed by atoms with van der Waals surface area (Å²) in [7, 11) is 0. The molecule has 5 heteroatoms. The van der Waals surface area contributed by atoms with Gasteiger partial charge in [0, 0.05) is 30.5 Å². The van der Waals surface area contributed by atoms with Crippen molar-refractivity contribution >= 4 is 29.0 Å². The Kier molecular flexibility index (Phi) is 4.02. The Labute approximate surface area is 135 Å². The molecule has 0 spiro atoms. The highest BCUT2D eigenvalue weighted by atomic mass is 16.2. The van der Waals surface area contributed by atoms with Crippen molar-refractivity contribution < 1.29 is 9.59 Å². The molecule has 0 bridgehead atoms. The standard InChI is InChI=1S/C18H19N3O2/c1-12-4-3-5-15(10-12)19-18(23)20-16-7-6-14-8-9-21(13(2)22)17(14)11-16/h3-7,10-11H,8-9H2,1-2H3,(H2,19,20,23). The van der Waals surface area contributed by atoms with Gasteiger partial charge in [-0.2, -0.15) is 0 Å². The van der Waals surface area contributed by atoms with Crippen molar-refractivity contribution in [2.24, 2.45) is 0 Å². The number of nitrogens with one attached hydrogen (secondary N) is 2. The van der Waals surface area contributed by atoms with Gasteiger partial charge in [0.25, 0.3) is 0 Å². The first-order valence-electron chi connectivity index (χ1n) is 7.58. The Morgan fingerprint density at radius 2 is 1.78 bits per heavy atom. The molecule has 2 aromatic carbocycles. The minimum Gasteiger partial charge on any atom is -0.312 e. The Balaban J connectivity index is 1.72. The molecule has 3 rings (SSSR count). The van der Waals surface area contributed by atoms with Gasteiger partial charge in [-0.25, -0.2) is 4.79 Å². The number of benzene rings is 2. The number of amides is 3. The van der Waals surface area contributed by atoms with Crippen LogP contribution in [0.3, 0.4) is 0 Å². The highest BCUT2D eigenvalue weighted by Gasteiger charge is 2.22. The van der Waals surface area contributed by atoms with Gasteiger partial charge in [0.2, 0.25) is 5.91 Å². The van der Waals surface area contributed by atoms with Crippen LogP contribution in [0.5, 0.6) is 0 Å². The lowest BCUT2D eigenvalue weighted by atomic mass is 10.1. The lowest BCUT2D eigenvalue weighted by Gasteiger charge is -2.16. The number of anilines is 3. The first kappa shape index (κ1) is 15.1. The molecule has 0 unspecified atom stereocenters. The van der Waals surface area contributed by atoms with E-state index in [9.17, 15) is 9.59 Å². The van der Waals surface area contributed by atoms with Gasteiger partial charge >= 0.3 is 6.03 Å². The smallest absolute Gasteiger partial charge is 0.312 e. The third-order valence-electron chi connectivity index (χ3n) is 3.89. The lowest BCUT2D eigenvalue weighted by Crippen LogP contribution is -2.26. The van der Waals surface area contributed by atoms with Gasteiger partial charge in [0.15, 0.2) is 0 Å². The number of carbonyl (C=O) groups excluding carboxylic acids is 2. The predicted molar refractivity (Wildman–Crippen MR) is 92.0 cm³/mol. The van der Waals surface area contributed by atoms with Crippen molar-refractivity contribution in [1.29, 1.82) is 0 Å². The van der Waals surface area contributed by atoms with Crippen molar-refractivity contribution in [3.8, 4) is 0 Å². The summed E-state index contributed by atoms with van der Waals surface area (Å²) in [4.78, 5) is 25.5. The molecule has 0 aromatic heterocycles. The normalized spacial score (nSPS) is 12.7. The fourth-order valence-electron chi connectivity index (χ4n) is 2.80. The molecule has 2 aromatic rings. The summed E-state index contributed by atoms with van der Waals surface area (Å²) in [6.45, 7) is 4.23.